The van der Waals surface area contributed by atoms with E-state index in [1.54, 1.807) is 4.68 Å². The van der Waals surface area contributed by atoms with E-state index in [9.17, 15) is 9.59 Å². The summed E-state index contributed by atoms with van der Waals surface area (Å²) in [6.07, 6.45) is 5.06. The van der Waals surface area contributed by atoms with Crippen molar-refractivity contribution in [1.29, 1.82) is 0 Å². The number of carbonyl (C=O) groups excluding carboxylic acids is 2. The van der Waals surface area contributed by atoms with Crippen LogP contribution in [0.25, 0.3) is 0 Å². The predicted octanol–water partition coefficient (Wildman–Crippen LogP) is 1.26. The maximum atomic E-state index is 13.1. The highest BCUT2D eigenvalue weighted by Gasteiger charge is 2.39. The Morgan fingerprint density at radius 3 is 2.70 bits per heavy atom. The molecule has 4 heterocycles. The molecule has 0 saturated carbocycles. The molecule has 3 aliphatic rings. The average molecular weight is 461 g/mol. The van der Waals surface area contributed by atoms with E-state index in [1.165, 1.54) is 0 Å². The predicted molar refractivity (Wildman–Crippen MR) is 122 cm³/mol. The van der Waals surface area contributed by atoms with Gasteiger partial charge in [0.15, 0.2) is 0 Å². The van der Waals surface area contributed by atoms with Crippen molar-refractivity contribution in [3.8, 4) is 0 Å². The van der Waals surface area contributed by atoms with Gasteiger partial charge in [-0.1, -0.05) is 0 Å². The first-order valence-corrected chi connectivity index (χ1v) is 10.6. The number of hydrogen-bond acceptors (Lipinski definition) is 5. The van der Waals surface area contributed by atoms with Gasteiger partial charge in [-0.2, -0.15) is 5.10 Å². The first-order valence-electron chi connectivity index (χ1n) is 10.6. The molecule has 1 aromatic heterocycles. The van der Waals surface area contributed by atoms with Crippen molar-refractivity contribution < 1.29 is 9.59 Å². The van der Waals surface area contributed by atoms with Gasteiger partial charge in [0.1, 0.15) is 5.82 Å². The average Bonchev–Trinajstić information content (AvgIpc) is 3.40. The van der Waals surface area contributed by atoms with Crippen LogP contribution in [0.3, 0.4) is 0 Å². The number of piperidine rings is 1. The molecule has 0 radical (unpaired) electrons. The first-order chi connectivity index (χ1) is 13.5. The standard InChI is InChI=1S/C20H32N6O2.2ClH/c1-14-11-18(24(2)23-14)26-10-7-17(20(26)28)25-9-4-5-15(13-25)12-22-19(27)16-6-3-8-21-16;;/h11,15-17,21H,3-10,12-13H2,1-2H3,(H,22,27);2*1H. The fourth-order valence-electron chi connectivity index (χ4n) is 4.90. The van der Waals surface area contributed by atoms with Gasteiger partial charge in [0, 0.05) is 32.7 Å². The van der Waals surface area contributed by atoms with Gasteiger partial charge in [-0.3, -0.25) is 24.1 Å². The van der Waals surface area contributed by atoms with E-state index in [0.717, 1.165) is 69.8 Å². The third-order valence-electron chi connectivity index (χ3n) is 6.36. The van der Waals surface area contributed by atoms with Crippen molar-refractivity contribution in [2.75, 3.05) is 37.6 Å². The van der Waals surface area contributed by atoms with Crippen molar-refractivity contribution in [3.05, 3.63) is 11.8 Å². The molecule has 8 nitrogen and oxygen atoms in total. The zero-order valence-corrected chi connectivity index (χ0v) is 19.4. The van der Waals surface area contributed by atoms with Crippen LogP contribution in [0.5, 0.6) is 0 Å². The maximum Gasteiger partial charge on any atom is 0.245 e. The highest BCUT2D eigenvalue weighted by atomic mass is 35.5. The number of halogens is 2. The van der Waals surface area contributed by atoms with Crippen molar-refractivity contribution in [1.82, 2.24) is 25.3 Å². The van der Waals surface area contributed by atoms with E-state index in [-0.39, 0.29) is 48.7 Å². The molecule has 1 aromatic rings. The second-order valence-corrected chi connectivity index (χ2v) is 8.46. The number of nitrogens with zero attached hydrogens (tertiary/aromatic N) is 4. The molecule has 3 unspecified atom stereocenters. The van der Waals surface area contributed by atoms with Gasteiger partial charge in [0.2, 0.25) is 11.8 Å². The summed E-state index contributed by atoms with van der Waals surface area (Å²) < 4.78 is 1.79. The van der Waals surface area contributed by atoms with Gasteiger partial charge in [-0.05, 0) is 58.0 Å². The summed E-state index contributed by atoms with van der Waals surface area (Å²) in [4.78, 5) is 29.5. The number of aryl methyl sites for hydroxylation is 2. The summed E-state index contributed by atoms with van der Waals surface area (Å²) in [5, 5.41) is 10.8. The highest BCUT2D eigenvalue weighted by molar-refractivity contribution is 5.98. The first kappa shape index (κ1) is 24.9. The smallest absolute Gasteiger partial charge is 0.245 e. The molecule has 2 N–H and O–H groups in total. The van der Waals surface area contributed by atoms with Crippen LogP contribution in [0, 0.1) is 12.8 Å². The van der Waals surface area contributed by atoms with E-state index in [1.807, 2.05) is 24.9 Å². The highest BCUT2D eigenvalue weighted by Crippen LogP contribution is 2.27. The van der Waals surface area contributed by atoms with Crippen LogP contribution in [0.2, 0.25) is 0 Å². The van der Waals surface area contributed by atoms with Gasteiger partial charge in [-0.15, -0.1) is 24.8 Å². The lowest BCUT2D eigenvalue weighted by atomic mass is 9.96. The zero-order valence-electron chi connectivity index (χ0n) is 17.8. The van der Waals surface area contributed by atoms with Crippen LogP contribution in [-0.2, 0) is 16.6 Å². The number of anilines is 1. The molecule has 4 rings (SSSR count). The second-order valence-electron chi connectivity index (χ2n) is 8.46. The Balaban J connectivity index is 0.00000160. The molecular weight excluding hydrogens is 427 g/mol. The monoisotopic (exact) mass is 460 g/mol. The SMILES string of the molecule is Cc1cc(N2CCC(N3CCCC(CNC(=O)C4CCCN4)C3)C2=O)n(C)n1.Cl.Cl. The van der Waals surface area contributed by atoms with E-state index >= 15 is 0 Å². The van der Waals surface area contributed by atoms with Crippen LogP contribution in [0.4, 0.5) is 5.82 Å². The van der Waals surface area contributed by atoms with E-state index in [0.29, 0.717) is 12.5 Å². The number of nitrogens with one attached hydrogen (secondary N) is 2. The Morgan fingerprint density at radius 1 is 1.23 bits per heavy atom. The van der Waals surface area contributed by atoms with Gasteiger partial charge in [0.05, 0.1) is 17.8 Å². The lowest BCUT2D eigenvalue weighted by molar-refractivity contribution is -0.124. The molecule has 3 fully saturated rings. The molecule has 3 atom stereocenters. The third kappa shape index (κ3) is 5.28. The second kappa shape index (κ2) is 10.8. The summed E-state index contributed by atoms with van der Waals surface area (Å²) in [7, 11) is 1.89. The Hall–Kier alpha value is -1.35. The molecule has 0 aliphatic carbocycles. The Morgan fingerprint density at radius 2 is 2.03 bits per heavy atom. The van der Waals surface area contributed by atoms with Gasteiger partial charge < -0.3 is 10.6 Å². The van der Waals surface area contributed by atoms with E-state index in [2.05, 4.69) is 20.6 Å². The van der Waals surface area contributed by atoms with Crippen molar-refractivity contribution in [2.45, 2.75) is 51.1 Å². The molecule has 30 heavy (non-hydrogen) atoms. The molecule has 0 spiro atoms. The Bertz CT molecular complexity index is 737. The van der Waals surface area contributed by atoms with Gasteiger partial charge >= 0.3 is 0 Å². The topological polar surface area (TPSA) is 82.5 Å². The number of amides is 2. The molecule has 2 amide bonds. The molecule has 10 heteroatoms. The van der Waals surface area contributed by atoms with Crippen LogP contribution in [0.15, 0.2) is 6.07 Å². The largest absolute Gasteiger partial charge is 0.354 e. The summed E-state index contributed by atoms with van der Waals surface area (Å²) in [5.41, 5.74) is 0.930. The van der Waals surface area contributed by atoms with Gasteiger partial charge in [0.25, 0.3) is 0 Å². The molecule has 3 aliphatic heterocycles. The number of aromatic nitrogens is 2. The third-order valence-corrected chi connectivity index (χ3v) is 6.36. The van der Waals surface area contributed by atoms with Crippen LogP contribution in [0.1, 0.15) is 37.8 Å². The summed E-state index contributed by atoms with van der Waals surface area (Å²) in [6, 6.07) is 1.91. The maximum absolute atomic E-state index is 13.1. The van der Waals surface area contributed by atoms with Crippen LogP contribution < -0.4 is 15.5 Å². The van der Waals surface area contributed by atoms with Crippen molar-refractivity contribution in [2.24, 2.45) is 13.0 Å². The summed E-state index contributed by atoms with van der Waals surface area (Å²) in [5.74, 6) is 1.61. The van der Waals surface area contributed by atoms with Crippen molar-refractivity contribution >= 4 is 42.4 Å². The van der Waals surface area contributed by atoms with Crippen molar-refractivity contribution in [3.63, 3.8) is 0 Å². The fraction of sp³-hybridized carbons (Fsp3) is 0.750. The number of carbonyl (C=O) groups is 2. The quantitative estimate of drug-likeness (QED) is 0.690. The summed E-state index contributed by atoms with van der Waals surface area (Å²) in [6.45, 7) is 6.18. The lowest BCUT2D eigenvalue weighted by Gasteiger charge is -2.36. The van der Waals surface area contributed by atoms with E-state index in [4.69, 9.17) is 0 Å². The van der Waals surface area contributed by atoms with E-state index < -0.39 is 0 Å². The Labute approximate surface area is 190 Å². The number of likely N-dealkylation sites (tertiary alicyclic amines) is 1. The Kier molecular flexibility index (Phi) is 8.97. The number of hydrogen-bond donors (Lipinski definition) is 2. The minimum atomic E-state index is -0.0507. The molecule has 170 valence electrons. The molecule has 0 bridgehead atoms. The summed E-state index contributed by atoms with van der Waals surface area (Å²) >= 11 is 0. The minimum absolute atomic E-state index is 0. The number of rotatable bonds is 5. The molecule has 3 saturated heterocycles. The fourth-order valence-corrected chi connectivity index (χ4v) is 4.90. The zero-order chi connectivity index (χ0) is 19.7. The lowest BCUT2D eigenvalue weighted by Crippen LogP contribution is -2.50. The van der Waals surface area contributed by atoms with Crippen LogP contribution >= 0.6 is 24.8 Å². The molecular formula is C20H34Cl2N6O2. The van der Waals surface area contributed by atoms with Crippen LogP contribution in [-0.4, -0.2) is 71.3 Å². The molecule has 0 aromatic carbocycles. The minimum Gasteiger partial charge on any atom is -0.354 e. The van der Waals surface area contributed by atoms with Gasteiger partial charge in [-0.25, -0.2) is 0 Å². The normalized spacial score (nSPS) is 26.9.